The summed E-state index contributed by atoms with van der Waals surface area (Å²) >= 11 is 0. The van der Waals surface area contributed by atoms with Gasteiger partial charge in [-0.25, -0.2) is 14.6 Å². The fourth-order valence-electron chi connectivity index (χ4n) is 6.04. The van der Waals surface area contributed by atoms with Crippen LogP contribution < -0.4 is 9.80 Å². The highest BCUT2D eigenvalue weighted by atomic mass is 16.6. The Kier molecular flexibility index (Phi) is 6.73. The molecule has 2 aromatic carbocycles. The van der Waals surface area contributed by atoms with Crippen LogP contribution in [0.2, 0.25) is 0 Å². The molecule has 0 radical (unpaired) electrons. The zero-order valence-electron chi connectivity index (χ0n) is 22.3. The zero-order chi connectivity index (χ0) is 27.0. The van der Waals surface area contributed by atoms with E-state index >= 15 is 0 Å². The lowest BCUT2D eigenvalue weighted by Gasteiger charge is -2.37. The average Bonchev–Trinajstić information content (AvgIpc) is 3.59. The van der Waals surface area contributed by atoms with E-state index in [2.05, 4.69) is 47.1 Å². The number of hydrogen-bond acceptors (Lipinski definition) is 6. The highest BCUT2D eigenvalue weighted by Gasteiger charge is 2.47. The molecule has 8 heteroatoms. The number of hydrogen-bond donors (Lipinski definition) is 1. The lowest BCUT2D eigenvalue weighted by atomic mass is 9.90. The summed E-state index contributed by atoms with van der Waals surface area (Å²) in [6.45, 7) is 7.28. The third-order valence-corrected chi connectivity index (χ3v) is 8.31. The summed E-state index contributed by atoms with van der Waals surface area (Å²) < 4.78 is 5.93. The largest absolute Gasteiger partial charge is 0.478 e. The van der Waals surface area contributed by atoms with Gasteiger partial charge in [0.2, 0.25) is 0 Å². The van der Waals surface area contributed by atoms with Gasteiger partial charge in [0.15, 0.2) is 0 Å². The van der Waals surface area contributed by atoms with Crippen LogP contribution in [0.25, 0.3) is 11.1 Å². The number of ether oxygens (including phenoxy) is 1. The number of rotatable bonds is 6. The van der Waals surface area contributed by atoms with E-state index in [9.17, 15) is 9.59 Å². The fourth-order valence-corrected chi connectivity index (χ4v) is 6.04. The maximum absolute atomic E-state index is 12.8. The van der Waals surface area contributed by atoms with Crippen LogP contribution in [-0.2, 0) is 11.3 Å². The van der Waals surface area contributed by atoms with Crippen LogP contribution >= 0.6 is 0 Å². The first kappa shape index (κ1) is 25.4. The molecule has 3 aromatic rings. The summed E-state index contributed by atoms with van der Waals surface area (Å²) in [6, 6.07) is 17.4. The van der Waals surface area contributed by atoms with E-state index in [1.54, 1.807) is 17.0 Å². The third-order valence-electron chi connectivity index (χ3n) is 8.31. The smallest absolute Gasteiger partial charge is 0.415 e. The predicted molar refractivity (Wildman–Crippen MR) is 150 cm³/mol. The summed E-state index contributed by atoms with van der Waals surface area (Å²) in [7, 11) is 0. The molecule has 6 rings (SSSR count). The summed E-state index contributed by atoms with van der Waals surface area (Å²) in [5.74, 6) is 0.0748. The third kappa shape index (κ3) is 5.21. The van der Waals surface area contributed by atoms with Gasteiger partial charge < -0.3 is 14.7 Å². The average molecular weight is 527 g/mol. The molecule has 0 aliphatic carbocycles. The molecule has 0 unspecified atom stereocenters. The lowest BCUT2D eigenvalue weighted by molar-refractivity contribution is -0.000947. The highest BCUT2D eigenvalue weighted by molar-refractivity contribution is 5.92. The second-order valence-electron chi connectivity index (χ2n) is 11.0. The van der Waals surface area contributed by atoms with Crippen LogP contribution in [0.3, 0.4) is 0 Å². The first-order valence-electron chi connectivity index (χ1n) is 13.8. The van der Waals surface area contributed by atoms with E-state index in [1.165, 1.54) is 41.7 Å². The number of anilines is 2. The molecule has 1 N–H and O–H groups in total. The van der Waals surface area contributed by atoms with Crippen molar-refractivity contribution in [2.45, 2.75) is 44.8 Å². The van der Waals surface area contributed by atoms with Crippen LogP contribution in [0.4, 0.5) is 16.3 Å². The number of piperidine rings is 1. The lowest BCUT2D eigenvalue weighted by Crippen LogP contribution is -2.46. The molecule has 3 fully saturated rings. The molecule has 0 bridgehead atoms. The minimum Gasteiger partial charge on any atom is -0.478 e. The molecule has 202 valence electrons. The van der Waals surface area contributed by atoms with E-state index in [0.29, 0.717) is 12.2 Å². The normalized spacial score (nSPS) is 19.1. The van der Waals surface area contributed by atoms with Crippen molar-refractivity contribution in [3.05, 3.63) is 77.5 Å². The number of likely N-dealkylation sites (tertiary alicyclic amines) is 1. The van der Waals surface area contributed by atoms with Gasteiger partial charge in [0.25, 0.3) is 0 Å². The first-order valence-corrected chi connectivity index (χ1v) is 13.8. The van der Waals surface area contributed by atoms with Gasteiger partial charge in [-0.05, 0) is 67.3 Å². The summed E-state index contributed by atoms with van der Waals surface area (Å²) in [5.41, 5.74) is 5.22. The Morgan fingerprint density at radius 1 is 1.00 bits per heavy atom. The maximum atomic E-state index is 12.8. The van der Waals surface area contributed by atoms with E-state index in [1.807, 2.05) is 6.20 Å². The molecular weight excluding hydrogens is 492 g/mol. The number of aromatic nitrogens is 1. The van der Waals surface area contributed by atoms with Gasteiger partial charge in [-0.1, -0.05) is 23.8 Å². The molecule has 39 heavy (non-hydrogen) atoms. The van der Waals surface area contributed by atoms with Crippen LogP contribution in [0.15, 0.2) is 60.8 Å². The number of carbonyl (C=O) groups excluding carboxylic acids is 1. The van der Waals surface area contributed by atoms with Gasteiger partial charge in [0.05, 0.1) is 12.1 Å². The topological polar surface area (TPSA) is 86.2 Å². The van der Waals surface area contributed by atoms with Crippen LogP contribution in [0.5, 0.6) is 0 Å². The van der Waals surface area contributed by atoms with Crippen molar-refractivity contribution in [1.29, 1.82) is 0 Å². The molecule has 3 saturated heterocycles. The van der Waals surface area contributed by atoms with Crippen molar-refractivity contribution in [2.24, 2.45) is 0 Å². The summed E-state index contributed by atoms with van der Waals surface area (Å²) in [4.78, 5) is 35.1. The Bertz CT molecular complexity index is 1360. The molecule has 3 aliphatic heterocycles. The molecule has 0 atom stereocenters. The van der Waals surface area contributed by atoms with E-state index < -0.39 is 11.6 Å². The molecule has 1 amide bonds. The number of pyridine rings is 1. The molecule has 1 spiro atoms. The Morgan fingerprint density at radius 2 is 1.74 bits per heavy atom. The quantitative estimate of drug-likeness (QED) is 0.464. The molecule has 1 aromatic heterocycles. The van der Waals surface area contributed by atoms with Gasteiger partial charge >= 0.3 is 12.1 Å². The number of benzene rings is 2. The van der Waals surface area contributed by atoms with Gasteiger partial charge in [0, 0.05) is 63.0 Å². The Hall–Kier alpha value is -3.91. The van der Waals surface area contributed by atoms with Crippen molar-refractivity contribution in [3.63, 3.8) is 0 Å². The van der Waals surface area contributed by atoms with E-state index in [-0.39, 0.29) is 11.7 Å². The first-order chi connectivity index (χ1) is 18.9. The Balaban J connectivity index is 1.12. The summed E-state index contributed by atoms with van der Waals surface area (Å²) in [5, 5.41) is 9.16. The second-order valence-corrected chi connectivity index (χ2v) is 11.0. The number of aromatic carboxylic acids is 1. The molecule has 0 saturated carbocycles. The highest BCUT2D eigenvalue weighted by Crippen LogP contribution is 2.37. The number of amides is 1. The second kappa shape index (κ2) is 10.3. The Labute approximate surface area is 228 Å². The molecule has 3 aliphatic rings. The SMILES string of the molecule is Cc1ccc(-c2ccc(N3CCCC3)nc2)c(CN2CCC3(CC2)CN(c2ccc(C(=O)O)cc2)C(=O)O3)c1. The summed E-state index contributed by atoms with van der Waals surface area (Å²) in [6.07, 6.45) is 5.63. The number of carboxylic acid groups (broad SMARTS) is 1. The van der Waals surface area contributed by atoms with E-state index in [0.717, 1.165) is 56.9 Å². The zero-order valence-corrected chi connectivity index (χ0v) is 22.3. The van der Waals surface area contributed by atoms with Gasteiger partial charge in [0.1, 0.15) is 11.4 Å². The monoisotopic (exact) mass is 526 g/mol. The van der Waals surface area contributed by atoms with Crippen LogP contribution in [-0.4, -0.2) is 65.4 Å². The number of carboxylic acids is 1. The molecular formula is C31H34N4O4. The predicted octanol–water partition coefficient (Wildman–Crippen LogP) is 5.35. The number of aryl methyl sites for hydroxylation is 1. The molecule has 8 nitrogen and oxygen atoms in total. The van der Waals surface area contributed by atoms with Crippen LogP contribution in [0.1, 0.15) is 47.2 Å². The fraction of sp³-hybridized carbons (Fsp3) is 0.387. The van der Waals surface area contributed by atoms with Crippen molar-refractivity contribution in [1.82, 2.24) is 9.88 Å². The van der Waals surface area contributed by atoms with Gasteiger partial charge in [-0.2, -0.15) is 0 Å². The Morgan fingerprint density at radius 3 is 2.41 bits per heavy atom. The van der Waals surface area contributed by atoms with Crippen molar-refractivity contribution < 1.29 is 19.4 Å². The molecule has 4 heterocycles. The maximum Gasteiger partial charge on any atom is 0.415 e. The van der Waals surface area contributed by atoms with Crippen molar-refractivity contribution >= 4 is 23.6 Å². The van der Waals surface area contributed by atoms with Gasteiger partial charge in [-0.15, -0.1) is 0 Å². The van der Waals surface area contributed by atoms with E-state index in [4.69, 9.17) is 14.8 Å². The van der Waals surface area contributed by atoms with Crippen molar-refractivity contribution in [2.75, 3.05) is 42.5 Å². The van der Waals surface area contributed by atoms with Gasteiger partial charge in [-0.3, -0.25) is 9.80 Å². The number of carbonyl (C=O) groups is 2. The minimum absolute atomic E-state index is 0.197. The standard InChI is InChI=1S/C31H34N4O4/c1-22-4-10-27(24-7-11-28(32-19-24)34-14-2-3-15-34)25(18-22)20-33-16-12-31(13-17-33)21-35(30(38)39-31)26-8-5-23(6-9-26)29(36)37/h4-11,18-19H,2-3,12-17,20-21H2,1H3,(H,36,37). The minimum atomic E-state index is -0.985. The van der Waals surface area contributed by atoms with Crippen LogP contribution in [0, 0.1) is 6.92 Å². The number of nitrogens with zero attached hydrogens (tertiary/aromatic N) is 4. The van der Waals surface area contributed by atoms with Crippen molar-refractivity contribution in [3.8, 4) is 11.1 Å².